The van der Waals surface area contributed by atoms with Gasteiger partial charge in [0.05, 0.1) is 17.5 Å². The van der Waals surface area contributed by atoms with Crippen LogP contribution in [0, 0.1) is 17.3 Å². The van der Waals surface area contributed by atoms with Crippen molar-refractivity contribution in [3.8, 4) is 23.1 Å². The molecule has 12 nitrogen and oxygen atoms in total. The lowest BCUT2D eigenvalue weighted by atomic mass is 9.95. The summed E-state index contributed by atoms with van der Waals surface area (Å²) in [7, 11) is 3.55. The van der Waals surface area contributed by atoms with Crippen molar-refractivity contribution < 1.29 is 14.7 Å². The van der Waals surface area contributed by atoms with E-state index in [0.29, 0.717) is 33.7 Å². The van der Waals surface area contributed by atoms with E-state index >= 15 is 0 Å². The fourth-order valence-electron chi connectivity index (χ4n) is 4.85. The lowest BCUT2D eigenvalue weighted by molar-refractivity contribution is -0.120. The number of rotatable bonds is 5. The molecule has 0 saturated carbocycles. The Morgan fingerprint density at radius 2 is 1.82 bits per heavy atom. The molecule has 4 aromatic heterocycles. The third-order valence-electron chi connectivity index (χ3n) is 7.06. The van der Waals surface area contributed by atoms with Crippen molar-refractivity contribution in [2.24, 2.45) is 19.5 Å². The zero-order valence-corrected chi connectivity index (χ0v) is 25.3. The summed E-state index contributed by atoms with van der Waals surface area (Å²) >= 11 is 0. The first kappa shape index (κ1) is 29.9. The number of hydrogen-bond donors (Lipinski definition) is 2. The molecular formula is C32H32N8O4. The number of imidazole rings is 1. The molecule has 0 saturated heterocycles. The third kappa shape index (κ3) is 6.27. The lowest BCUT2D eigenvalue weighted by Crippen LogP contribution is -2.48. The molecular weight excluding hydrogens is 560 g/mol. The fourth-order valence-corrected chi connectivity index (χ4v) is 4.85. The summed E-state index contributed by atoms with van der Waals surface area (Å²) in [6.45, 7) is 7.42. The molecule has 0 spiro atoms. The number of benzene rings is 1. The number of nitrogens with one attached hydrogen (secondary N) is 1. The zero-order valence-electron chi connectivity index (χ0n) is 25.3. The van der Waals surface area contributed by atoms with Gasteiger partial charge in [0.2, 0.25) is 5.91 Å². The Balaban J connectivity index is 1.56. The first-order valence-corrected chi connectivity index (χ1v) is 13.9. The summed E-state index contributed by atoms with van der Waals surface area (Å²) in [5.74, 6) is 5.86. The molecule has 44 heavy (non-hydrogen) atoms. The number of carbonyl (C=O) groups is 2. The second kappa shape index (κ2) is 11.6. The van der Waals surface area contributed by atoms with Crippen LogP contribution < -0.4 is 10.9 Å². The van der Waals surface area contributed by atoms with E-state index in [1.54, 1.807) is 47.6 Å². The Labute approximate surface area is 253 Å². The van der Waals surface area contributed by atoms with E-state index in [9.17, 15) is 19.5 Å². The molecule has 0 aliphatic heterocycles. The van der Waals surface area contributed by atoms with Crippen molar-refractivity contribution >= 4 is 39.9 Å². The topological polar surface area (TPSA) is 148 Å². The van der Waals surface area contributed by atoms with Crippen molar-refractivity contribution in [3.05, 3.63) is 76.7 Å². The summed E-state index contributed by atoms with van der Waals surface area (Å²) in [5.41, 5.74) is 3.76. The van der Waals surface area contributed by atoms with Crippen LogP contribution in [0.4, 0.5) is 10.6 Å². The molecule has 0 aliphatic carbocycles. The van der Waals surface area contributed by atoms with Crippen LogP contribution >= 0.6 is 0 Å². The summed E-state index contributed by atoms with van der Waals surface area (Å²) in [6, 6.07) is 11.2. The highest BCUT2D eigenvalue weighted by Crippen LogP contribution is 2.27. The average molecular weight is 593 g/mol. The summed E-state index contributed by atoms with van der Waals surface area (Å²) in [6.07, 6.45) is 1.86. The van der Waals surface area contributed by atoms with E-state index in [1.807, 2.05) is 46.0 Å². The maximum Gasteiger partial charge on any atom is 0.407 e. The van der Waals surface area contributed by atoms with Crippen molar-refractivity contribution in [3.63, 3.8) is 0 Å². The number of hydrogen-bond acceptors (Lipinski definition) is 7. The van der Waals surface area contributed by atoms with Gasteiger partial charge in [-0.3, -0.25) is 14.5 Å². The molecule has 5 aromatic rings. The van der Waals surface area contributed by atoms with E-state index in [0.717, 1.165) is 15.8 Å². The van der Waals surface area contributed by atoms with Crippen molar-refractivity contribution in [2.75, 3.05) is 11.9 Å². The number of anilines is 1. The minimum Gasteiger partial charge on any atom is -0.465 e. The smallest absolute Gasteiger partial charge is 0.407 e. The zero-order chi connectivity index (χ0) is 31.8. The van der Waals surface area contributed by atoms with Crippen LogP contribution in [0.15, 0.2) is 59.9 Å². The average Bonchev–Trinajstić information content (AvgIpc) is 3.36. The van der Waals surface area contributed by atoms with Crippen molar-refractivity contribution in [1.29, 1.82) is 0 Å². The normalized spacial score (nSPS) is 12.0. The number of fused-ring (bicyclic) bond motifs is 2. The summed E-state index contributed by atoms with van der Waals surface area (Å²) in [4.78, 5) is 56.1. The second-order valence-electron chi connectivity index (χ2n) is 11.8. The molecule has 5 rings (SSSR count). The highest BCUT2D eigenvalue weighted by atomic mass is 16.4. The van der Waals surface area contributed by atoms with Gasteiger partial charge in [-0.2, -0.15) is 0 Å². The van der Waals surface area contributed by atoms with Crippen LogP contribution in [-0.2, 0) is 18.9 Å². The molecule has 1 atom stereocenters. The van der Waals surface area contributed by atoms with Gasteiger partial charge in [0, 0.05) is 37.8 Å². The first-order chi connectivity index (χ1) is 20.8. The molecule has 2 amide bonds. The van der Waals surface area contributed by atoms with Crippen LogP contribution in [-0.4, -0.2) is 63.7 Å². The van der Waals surface area contributed by atoms with E-state index in [-0.39, 0.29) is 23.3 Å². The summed E-state index contributed by atoms with van der Waals surface area (Å²) < 4.78 is 3.37. The molecule has 4 heterocycles. The highest BCUT2D eigenvalue weighted by molar-refractivity contribution is 5.96. The van der Waals surface area contributed by atoms with Gasteiger partial charge in [0.25, 0.3) is 5.56 Å². The Bertz CT molecular complexity index is 2050. The van der Waals surface area contributed by atoms with Crippen LogP contribution in [0.2, 0.25) is 0 Å². The minimum absolute atomic E-state index is 0.0987. The quantitative estimate of drug-likeness (QED) is 0.291. The Morgan fingerprint density at radius 1 is 1.05 bits per heavy atom. The SMILES string of the molecule is CC(C(=O)Nc1cc(-c2ncnc3ncn(C)c23)cc(C#Cc2ccc3c(ccc(=O)n3C)c2)n1)N(CC(C)(C)C)C(=O)O. The number of carbonyl (C=O) groups excluding carboxylic acids is 1. The monoisotopic (exact) mass is 592 g/mol. The molecule has 1 unspecified atom stereocenters. The van der Waals surface area contributed by atoms with Crippen LogP contribution in [0.25, 0.3) is 33.3 Å². The van der Waals surface area contributed by atoms with Gasteiger partial charge in [0.1, 0.15) is 29.4 Å². The number of amides is 2. The largest absolute Gasteiger partial charge is 0.465 e. The van der Waals surface area contributed by atoms with Gasteiger partial charge in [0.15, 0.2) is 5.65 Å². The number of nitrogens with zero attached hydrogens (tertiary/aromatic N) is 7. The molecule has 2 N–H and O–H groups in total. The predicted octanol–water partition coefficient (Wildman–Crippen LogP) is 4.03. The predicted molar refractivity (Wildman–Crippen MR) is 167 cm³/mol. The van der Waals surface area contributed by atoms with Gasteiger partial charge in [-0.25, -0.2) is 24.7 Å². The number of carboxylic acid groups (broad SMARTS) is 1. The fraction of sp³-hybridized carbons (Fsp3) is 0.281. The minimum atomic E-state index is -1.19. The number of pyridine rings is 2. The van der Waals surface area contributed by atoms with Gasteiger partial charge in [-0.05, 0) is 60.0 Å². The Morgan fingerprint density at radius 3 is 2.55 bits per heavy atom. The number of aryl methyl sites for hydroxylation is 2. The molecule has 1 aromatic carbocycles. The van der Waals surface area contributed by atoms with Crippen molar-refractivity contribution in [1.82, 2.24) is 34.0 Å². The maximum atomic E-state index is 13.3. The van der Waals surface area contributed by atoms with Crippen molar-refractivity contribution in [2.45, 2.75) is 33.7 Å². The second-order valence-corrected chi connectivity index (χ2v) is 11.8. The van der Waals surface area contributed by atoms with Crippen LogP contribution in [0.5, 0.6) is 0 Å². The number of aromatic nitrogens is 6. The maximum absolute atomic E-state index is 13.3. The molecule has 0 bridgehead atoms. The van der Waals surface area contributed by atoms with Gasteiger partial charge >= 0.3 is 6.09 Å². The van der Waals surface area contributed by atoms with Gasteiger partial charge in [-0.1, -0.05) is 26.7 Å². The standard InChI is InChI=1S/C32H32N8O4/c1-19(40(31(43)44)16-32(2,3)4)30(42)37-25-15-22(27-28-29(34-17-33-27)35-18-38(28)5)14-23(36-25)10-7-20-8-11-24-21(13-20)9-12-26(41)39(24)6/h8-9,11-15,17-19H,16H2,1-6H3,(H,43,44)(H,36,37,42). The molecule has 0 radical (unpaired) electrons. The van der Waals surface area contributed by atoms with Crippen LogP contribution in [0.1, 0.15) is 39.0 Å². The Hall–Kier alpha value is -5.57. The highest BCUT2D eigenvalue weighted by Gasteiger charge is 2.30. The first-order valence-electron chi connectivity index (χ1n) is 13.9. The lowest BCUT2D eigenvalue weighted by Gasteiger charge is -2.31. The van der Waals surface area contributed by atoms with E-state index < -0.39 is 18.0 Å². The van der Waals surface area contributed by atoms with E-state index in [4.69, 9.17) is 0 Å². The molecule has 12 heteroatoms. The van der Waals surface area contributed by atoms with Gasteiger partial charge in [-0.15, -0.1) is 0 Å². The molecule has 0 aliphatic rings. The third-order valence-corrected chi connectivity index (χ3v) is 7.06. The van der Waals surface area contributed by atoms with E-state index in [2.05, 4.69) is 37.1 Å². The van der Waals surface area contributed by atoms with Gasteiger partial charge < -0.3 is 19.6 Å². The summed E-state index contributed by atoms with van der Waals surface area (Å²) in [5, 5.41) is 13.5. The molecule has 224 valence electrons. The molecule has 0 fully saturated rings. The Kier molecular flexibility index (Phi) is 7.89. The van der Waals surface area contributed by atoms with Crippen LogP contribution in [0.3, 0.4) is 0 Å². The van der Waals surface area contributed by atoms with E-state index in [1.165, 1.54) is 12.4 Å².